The number of rotatable bonds is 2. The Labute approximate surface area is 106 Å². The molecule has 0 aromatic carbocycles. The molecular formula is C10H12F3N5O. The smallest absolute Gasteiger partial charge is 0.382 e. The summed E-state index contributed by atoms with van der Waals surface area (Å²) in [5.74, 6) is -0.989. The maximum absolute atomic E-state index is 13.4. The lowest BCUT2D eigenvalue weighted by atomic mass is 9.91. The number of aromatic nitrogens is 4. The van der Waals surface area contributed by atoms with Crippen molar-refractivity contribution in [1.29, 1.82) is 0 Å². The van der Waals surface area contributed by atoms with E-state index in [4.69, 9.17) is 5.73 Å². The van der Waals surface area contributed by atoms with Crippen molar-refractivity contribution in [2.24, 2.45) is 7.05 Å². The van der Waals surface area contributed by atoms with E-state index in [1.165, 1.54) is 20.2 Å². The number of halogens is 3. The van der Waals surface area contributed by atoms with Gasteiger partial charge in [0.2, 0.25) is 5.60 Å². The molecule has 0 fully saturated rings. The highest BCUT2D eigenvalue weighted by molar-refractivity contribution is 5.50. The van der Waals surface area contributed by atoms with Crippen molar-refractivity contribution >= 4 is 5.82 Å². The van der Waals surface area contributed by atoms with Gasteiger partial charge in [-0.05, 0) is 6.92 Å². The summed E-state index contributed by atoms with van der Waals surface area (Å²) in [4.78, 5) is 3.59. The molecule has 6 nitrogen and oxygen atoms in total. The first kappa shape index (κ1) is 13.4. The van der Waals surface area contributed by atoms with Crippen LogP contribution in [0.15, 0.2) is 12.4 Å². The Bertz CT molecular complexity index is 583. The number of nitrogens with zero attached hydrogens (tertiary/aromatic N) is 3. The molecule has 19 heavy (non-hydrogen) atoms. The van der Waals surface area contributed by atoms with Crippen molar-refractivity contribution < 1.29 is 18.3 Å². The first-order valence-corrected chi connectivity index (χ1v) is 5.27. The van der Waals surface area contributed by atoms with Crippen molar-refractivity contribution in [1.82, 2.24) is 19.7 Å². The average molecular weight is 275 g/mol. The number of aromatic amines is 1. The van der Waals surface area contributed by atoms with Crippen LogP contribution in [-0.4, -0.2) is 31.0 Å². The van der Waals surface area contributed by atoms with Crippen molar-refractivity contribution in [2.75, 3.05) is 5.73 Å². The molecular weight excluding hydrogens is 263 g/mol. The highest BCUT2D eigenvalue weighted by Gasteiger charge is 2.61. The molecule has 2 aromatic rings. The van der Waals surface area contributed by atoms with Gasteiger partial charge in [0, 0.05) is 25.1 Å². The topological polar surface area (TPSA) is 92.8 Å². The first-order valence-electron chi connectivity index (χ1n) is 5.27. The number of hydrogen-bond donors (Lipinski definition) is 3. The molecule has 2 heterocycles. The number of alkyl halides is 3. The van der Waals surface area contributed by atoms with Crippen LogP contribution >= 0.6 is 0 Å². The van der Waals surface area contributed by atoms with Crippen LogP contribution in [0.3, 0.4) is 0 Å². The minimum Gasteiger partial charge on any atom is -0.382 e. The Morgan fingerprint density at radius 3 is 2.42 bits per heavy atom. The van der Waals surface area contributed by atoms with E-state index < -0.39 is 29.0 Å². The molecule has 0 aliphatic rings. The molecule has 1 atom stereocenters. The number of nitrogens with two attached hydrogens (primary N) is 1. The number of hydrogen-bond acceptors (Lipinski definition) is 4. The van der Waals surface area contributed by atoms with Crippen molar-refractivity contribution in [2.45, 2.75) is 18.7 Å². The normalized spacial score (nSPS) is 15.5. The third kappa shape index (κ3) is 1.77. The van der Waals surface area contributed by atoms with Gasteiger partial charge in [-0.15, -0.1) is 0 Å². The van der Waals surface area contributed by atoms with E-state index in [2.05, 4.69) is 15.2 Å². The maximum atomic E-state index is 13.4. The molecule has 0 saturated carbocycles. The Hall–Kier alpha value is -2.03. The van der Waals surface area contributed by atoms with E-state index in [1.54, 1.807) is 0 Å². The zero-order valence-electron chi connectivity index (χ0n) is 10.2. The first-order chi connectivity index (χ1) is 8.69. The van der Waals surface area contributed by atoms with Gasteiger partial charge in [-0.2, -0.15) is 18.3 Å². The molecule has 0 aliphatic carbocycles. The second-order valence-corrected chi connectivity index (χ2v) is 4.18. The van der Waals surface area contributed by atoms with Crippen LogP contribution in [0.2, 0.25) is 0 Å². The second kappa shape index (κ2) is 3.98. The number of nitrogen functional groups attached to an aromatic ring is 1. The van der Waals surface area contributed by atoms with Gasteiger partial charge in [-0.3, -0.25) is 5.10 Å². The number of aliphatic hydroxyl groups is 1. The molecule has 4 N–H and O–H groups in total. The number of anilines is 1. The van der Waals surface area contributed by atoms with E-state index in [-0.39, 0.29) is 5.69 Å². The monoisotopic (exact) mass is 275 g/mol. The van der Waals surface area contributed by atoms with Crippen LogP contribution in [0, 0.1) is 6.92 Å². The van der Waals surface area contributed by atoms with Crippen molar-refractivity contribution in [3.8, 4) is 0 Å². The third-order valence-corrected chi connectivity index (χ3v) is 2.89. The van der Waals surface area contributed by atoms with Crippen molar-refractivity contribution in [3.63, 3.8) is 0 Å². The van der Waals surface area contributed by atoms with E-state index in [0.717, 1.165) is 10.8 Å². The number of aryl methyl sites for hydroxylation is 2. The van der Waals surface area contributed by atoms with E-state index >= 15 is 0 Å². The van der Waals surface area contributed by atoms with Crippen LogP contribution in [-0.2, 0) is 12.6 Å². The van der Waals surface area contributed by atoms with Crippen LogP contribution in [0.5, 0.6) is 0 Å². The lowest BCUT2D eigenvalue weighted by Crippen LogP contribution is -2.46. The molecule has 2 rings (SSSR count). The lowest BCUT2D eigenvalue weighted by molar-refractivity contribution is -0.251. The molecule has 0 aliphatic heterocycles. The summed E-state index contributed by atoms with van der Waals surface area (Å²) in [5, 5.41) is 16.1. The Morgan fingerprint density at radius 2 is 2.05 bits per heavy atom. The molecule has 104 valence electrons. The van der Waals surface area contributed by atoms with E-state index in [1.807, 2.05) is 0 Å². The largest absolute Gasteiger partial charge is 0.429 e. The number of nitrogens with one attached hydrogen (secondary N) is 1. The molecule has 0 spiro atoms. The molecule has 0 saturated heterocycles. The molecule has 0 bridgehead atoms. The Morgan fingerprint density at radius 1 is 1.42 bits per heavy atom. The molecule has 0 unspecified atom stereocenters. The summed E-state index contributed by atoms with van der Waals surface area (Å²) in [6.45, 7) is 1.35. The second-order valence-electron chi connectivity index (χ2n) is 4.18. The SMILES string of the molecule is Cc1[nH]nc(N)c1[C@@](O)(c1nccn1C)C(F)(F)F. The highest BCUT2D eigenvalue weighted by Crippen LogP contribution is 2.45. The van der Waals surface area contributed by atoms with Crippen LogP contribution in [0.4, 0.5) is 19.0 Å². The van der Waals surface area contributed by atoms with Gasteiger partial charge >= 0.3 is 6.18 Å². The van der Waals surface area contributed by atoms with E-state index in [0.29, 0.717) is 0 Å². The zero-order chi connectivity index (χ0) is 14.4. The number of imidazole rings is 1. The molecule has 9 heteroatoms. The molecule has 0 radical (unpaired) electrons. The Kier molecular flexibility index (Phi) is 2.81. The fourth-order valence-electron chi connectivity index (χ4n) is 2.00. The van der Waals surface area contributed by atoms with Crippen LogP contribution < -0.4 is 5.73 Å². The van der Waals surface area contributed by atoms with Crippen molar-refractivity contribution in [3.05, 3.63) is 29.5 Å². The fraction of sp³-hybridized carbons (Fsp3) is 0.400. The minimum absolute atomic E-state index is 0.0281. The van der Waals surface area contributed by atoms with Gasteiger partial charge in [0.15, 0.2) is 11.6 Å². The van der Waals surface area contributed by atoms with Gasteiger partial charge in [0.05, 0.1) is 5.56 Å². The Balaban J connectivity index is 2.78. The standard InChI is InChI=1S/C10H12F3N5O/c1-5-6(7(14)17-16-5)9(19,10(11,12)13)8-15-3-4-18(8)2/h3-4,19H,1-2H3,(H3,14,16,17)/t9-/m1/s1. The summed E-state index contributed by atoms with van der Waals surface area (Å²) in [7, 11) is 1.35. The summed E-state index contributed by atoms with van der Waals surface area (Å²) >= 11 is 0. The molecule has 2 aromatic heterocycles. The predicted molar refractivity (Wildman–Crippen MR) is 60.0 cm³/mol. The van der Waals surface area contributed by atoms with Gasteiger partial charge in [0.1, 0.15) is 0 Å². The van der Waals surface area contributed by atoms with Crippen LogP contribution in [0.25, 0.3) is 0 Å². The average Bonchev–Trinajstić information content (AvgIpc) is 2.84. The summed E-state index contributed by atoms with van der Waals surface area (Å²) < 4.78 is 41.2. The maximum Gasteiger partial charge on any atom is 0.429 e. The predicted octanol–water partition coefficient (Wildman–Crippen LogP) is 0.832. The minimum atomic E-state index is -4.99. The molecule has 0 amide bonds. The van der Waals surface area contributed by atoms with E-state index in [9.17, 15) is 18.3 Å². The van der Waals surface area contributed by atoms with Crippen LogP contribution in [0.1, 0.15) is 17.1 Å². The summed E-state index contributed by atoms with van der Waals surface area (Å²) in [6, 6.07) is 0. The lowest BCUT2D eigenvalue weighted by Gasteiger charge is -2.30. The summed E-state index contributed by atoms with van der Waals surface area (Å²) in [6.07, 6.45) is -2.52. The zero-order valence-corrected chi connectivity index (χ0v) is 10.2. The highest BCUT2D eigenvalue weighted by atomic mass is 19.4. The third-order valence-electron chi connectivity index (χ3n) is 2.89. The number of H-pyrrole nitrogens is 1. The summed E-state index contributed by atoms with van der Waals surface area (Å²) in [5.41, 5.74) is 1.62. The fourth-order valence-corrected chi connectivity index (χ4v) is 2.00. The quantitative estimate of drug-likeness (QED) is 0.757. The van der Waals surface area contributed by atoms with Gasteiger partial charge in [-0.1, -0.05) is 0 Å². The van der Waals surface area contributed by atoms with Gasteiger partial charge in [0.25, 0.3) is 0 Å². The van der Waals surface area contributed by atoms with Gasteiger partial charge in [-0.25, -0.2) is 4.98 Å². The van der Waals surface area contributed by atoms with Gasteiger partial charge < -0.3 is 15.4 Å².